The highest BCUT2D eigenvalue weighted by Gasteiger charge is 2.31. The van der Waals surface area contributed by atoms with Crippen LogP contribution < -0.4 is 10.1 Å². The third-order valence-electron chi connectivity index (χ3n) is 5.26. The van der Waals surface area contributed by atoms with Crippen LogP contribution in [0, 0.1) is 0 Å². The Balaban J connectivity index is 0.00000261. The van der Waals surface area contributed by atoms with Crippen molar-refractivity contribution in [3.8, 4) is 5.75 Å². The fourth-order valence-corrected chi connectivity index (χ4v) is 3.58. The lowest BCUT2D eigenvalue weighted by Crippen LogP contribution is -2.57. The molecule has 0 bridgehead atoms. The lowest BCUT2D eigenvalue weighted by Gasteiger charge is -2.41. The second-order valence-corrected chi connectivity index (χ2v) is 7.17. The monoisotopic (exact) mass is 395 g/mol. The van der Waals surface area contributed by atoms with E-state index in [0.717, 1.165) is 44.6 Å². The number of benzene rings is 1. The SMILES string of the molecule is CCC(C)Oc1ccc(C(=O)N2CCCC(N3CCNCC3=O)C2)cc1.Cl. The Hall–Kier alpha value is -1.79. The number of ether oxygens (including phenoxy) is 1. The fourth-order valence-electron chi connectivity index (χ4n) is 3.58. The van der Waals surface area contributed by atoms with Crippen molar-refractivity contribution in [2.45, 2.75) is 45.3 Å². The average molecular weight is 396 g/mol. The van der Waals surface area contributed by atoms with Crippen molar-refractivity contribution in [3.05, 3.63) is 29.8 Å². The number of carbonyl (C=O) groups is 2. The molecule has 2 aliphatic heterocycles. The summed E-state index contributed by atoms with van der Waals surface area (Å²) in [5.74, 6) is 0.966. The highest BCUT2D eigenvalue weighted by Crippen LogP contribution is 2.21. The van der Waals surface area contributed by atoms with E-state index >= 15 is 0 Å². The predicted molar refractivity (Wildman–Crippen MR) is 108 cm³/mol. The minimum Gasteiger partial charge on any atom is -0.491 e. The third-order valence-corrected chi connectivity index (χ3v) is 5.26. The molecular formula is C20H30ClN3O3. The van der Waals surface area contributed by atoms with E-state index in [2.05, 4.69) is 12.2 Å². The molecule has 7 heteroatoms. The van der Waals surface area contributed by atoms with E-state index in [0.29, 0.717) is 18.7 Å². The molecular weight excluding hydrogens is 366 g/mol. The highest BCUT2D eigenvalue weighted by molar-refractivity contribution is 5.94. The highest BCUT2D eigenvalue weighted by atomic mass is 35.5. The van der Waals surface area contributed by atoms with Gasteiger partial charge in [-0.3, -0.25) is 9.59 Å². The molecule has 2 unspecified atom stereocenters. The number of piperidine rings is 1. The van der Waals surface area contributed by atoms with Crippen LogP contribution in [0.2, 0.25) is 0 Å². The number of hydrogen-bond acceptors (Lipinski definition) is 4. The maximum atomic E-state index is 12.9. The van der Waals surface area contributed by atoms with Gasteiger partial charge in [0.2, 0.25) is 5.91 Å². The van der Waals surface area contributed by atoms with Gasteiger partial charge in [0.15, 0.2) is 0 Å². The van der Waals surface area contributed by atoms with Gasteiger partial charge in [-0.05, 0) is 50.5 Å². The Labute approximate surface area is 167 Å². The summed E-state index contributed by atoms with van der Waals surface area (Å²) in [4.78, 5) is 28.8. The smallest absolute Gasteiger partial charge is 0.253 e. The average Bonchev–Trinajstić information content (AvgIpc) is 2.68. The molecule has 1 aromatic carbocycles. The summed E-state index contributed by atoms with van der Waals surface area (Å²) in [5.41, 5.74) is 0.675. The summed E-state index contributed by atoms with van der Waals surface area (Å²) in [7, 11) is 0. The first-order valence-corrected chi connectivity index (χ1v) is 9.64. The topological polar surface area (TPSA) is 61.9 Å². The summed E-state index contributed by atoms with van der Waals surface area (Å²) >= 11 is 0. The van der Waals surface area contributed by atoms with Gasteiger partial charge in [-0.2, -0.15) is 0 Å². The number of amides is 2. The number of nitrogens with zero attached hydrogens (tertiary/aromatic N) is 2. The Morgan fingerprint density at radius 1 is 1.30 bits per heavy atom. The van der Waals surface area contributed by atoms with Gasteiger partial charge in [0.1, 0.15) is 5.75 Å². The first kappa shape index (κ1) is 21.5. The Kier molecular flexibility index (Phi) is 7.92. The van der Waals surface area contributed by atoms with Crippen molar-refractivity contribution in [1.29, 1.82) is 0 Å². The zero-order valence-electron chi connectivity index (χ0n) is 16.1. The number of hydrogen-bond donors (Lipinski definition) is 1. The molecule has 0 aromatic heterocycles. The van der Waals surface area contributed by atoms with Crippen molar-refractivity contribution < 1.29 is 14.3 Å². The van der Waals surface area contributed by atoms with Gasteiger partial charge >= 0.3 is 0 Å². The summed E-state index contributed by atoms with van der Waals surface area (Å²) < 4.78 is 5.78. The van der Waals surface area contributed by atoms with Crippen LogP contribution in [0.1, 0.15) is 43.5 Å². The second-order valence-electron chi connectivity index (χ2n) is 7.17. The van der Waals surface area contributed by atoms with Gasteiger partial charge in [0.25, 0.3) is 5.91 Å². The van der Waals surface area contributed by atoms with E-state index < -0.39 is 0 Å². The third kappa shape index (κ3) is 5.36. The van der Waals surface area contributed by atoms with Gasteiger partial charge in [-0.15, -0.1) is 12.4 Å². The zero-order valence-corrected chi connectivity index (χ0v) is 17.0. The van der Waals surface area contributed by atoms with Crippen molar-refractivity contribution in [1.82, 2.24) is 15.1 Å². The quantitative estimate of drug-likeness (QED) is 0.831. The van der Waals surface area contributed by atoms with Crippen LogP contribution in [0.4, 0.5) is 0 Å². The number of piperazine rings is 1. The number of halogens is 1. The van der Waals surface area contributed by atoms with Crippen molar-refractivity contribution in [3.63, 3.8) is 0 Å². The molecule has 0 radical (unpaired) electrons. The first-order chi connectivity index (χ1) is 12.6. The molecule has 150 valence electrons. The molecule has 27 heavy (non-hydrogen) atoms. The molecule has 2 amide bonds. The number of likely N-dealkylation sites (tertiary alicyclic amines) is 1. The summed E-state index contributed by atoms with van der Waals surface area (Å²) in [6.45, 7) is 7.45. The Bertz CT molecular complexity index is 638. The van der Waals surface area contributed by atoms with Crippen LogP contribution in [-0.4, -0.2) is 66.5 Å². The molecule has 2 atom stereocenters. The number of rotatable bonds is 5. The van der Waals surface area contributed by atoms with E-state index in [-0.39, 0.29) is 36.4 Å². The van der Waals surface area contributed by atoms with Crippen molar-refractivity contribution >= 4 is 24.2 Å². The molecule has 6 nitrogen and oxygen atoms in total. The van der Waals surface area contributed by atoms with Crippen LogP contribution in [0.3, 0.4) is 0 Å². The Morgan fingerprint density at radius 2 is 2.04 bits per heavy atom. The van der Waals surface area contributed by atoms with Crippen LogP contribution >= 0.6 is 12.4 Å². The fraction of sp³-hybridized carbons (Fsp3) is 0.600. The van der Waals surface area contributed by atoms with Crippen LogP contribution in [0.25, 0.3) is 0 Å². The van der Waals surface area contributed by atoms with Crippen LogP contribution in [0.15, 0.2) is 24.3 Å². The minimum atomic E-state index is 0. The van der Waals surface area contributed by atoms with Crippen LogP contribution in [-0.2, 0) is 4.79 Å². The van der Waals surface area contributed by atoms with Crippen molar-refractivity contribution in [2.24, 2.45) is 0 Å². The van der Waals surface area contributed by atoms with Crippen LogP contribution in [0.5, 0.6) is 5.75 Å². The van der Waals surface area contributed by atoms with E-state index in [1.807, 2.05) is 41.0 Å². The molecule has 0 spiro atoms. The van der Waals surface area contributed by atoms with E-state index in [1.165, 1.54) is 0 Å². The van der Waals surface area contributed by atoms with E-state index in [1.54, 1.807) is 0 Å². The summed E-state index contributed by atoms with van der Waals surface area (Å²) in [5, 5.41) is 3.10. The normalized spacial score (nSPS) is 21.4. The molecule has 0 saturated carbocycles. The standard InChI is InChI=1S/C20H29N3O3.ClH/c1-3-15(2)26-18-8-6-16(7-9-18)20(25)22-11-4-5-17(14-22)23-12-10-21-13-19(23)24;/h6-9,15,17,21H,3-5,10-14H2,1-2H3;1H. The molecule has 2 aliphatic rings. The lowest BCUT2D eigenvalue weighted by atomic mass is 10.0. The number of nitrogens with one attached hydrogen (secondary N) is 1. The van der Waals surface area contributed by atoms with Gasteiger partial charge in [0.05, 0.1) is 12.6 Å². The number of carbonyl (C=O) groups excluding carboxylic acids is 2. The lowest BCUT2D eigenvalue weighted by molar-refractivity contribution is -0.135. The van der Waals surface area contributed by atoms with Gasteiger partial charge in [-0.25, -0.2) is 0 Å². The maximum Gasteiger partial charge on any atom is 0.253 e. The summed E-state index contributed by atoms with van der Waals surface area (Å²) in [6, 6.07) is 7.52. The summed E-state index contributed by atoms with van der Waals surface area (Å²) in [6.07, 6.45) is 3.01. The predicted octanol–water partition coefficient (Wildman–Crippen LogP) is 2.32. The maximum absolute atomic E-state index is 12.9. The minimum absolute atomic E-state index is 0. The molecule has 3 rings (SSSR count). The van der Waals surface area contributed by atoms with Gasteiger partial charge in [0, 0.05) is 37.8 Å². The molecule has 2 fully saturated rings. The molecule has 1 N–H and O–H groups in total. The zero-order chi connectivity index (χ0) is 18.5. The van der Waals surface area contributed by atoms with Crippen molar-refractivity contribution in [2.75, 3.05) is 32.7 Å². The van der Waals surface area contributed by atoms with E-state index in [4.69, 9.17) is 4.74 Å². The molecule has 2 saturated heterocycles. The van der Waals surface area contributed by atoms with Gasteiger partial charge in [-0.1, -0.05) is 6.92 Å². The van der Waals surface area contributed by atoms with E-state index in [9.17, 15) is 9.59 Å². The molecule has 1 aromatic rings. The van der Waals surface area contributed by atoms with Gasteiger partial charge < -0.3 is 19.9 Å². The second kappa shape index (κ2) is 9.95. The molecule has 0 aliphatic carbocycles. The first-order valence-electron chi connectivity index (χ1n) is 9.64. The largest absolute Gasteiger partial charge is 0.491 e. The molecule has 2 heterocycles. The Morgan fingerprint density at radius 3 is 2.70 bits per heavy atom.